The van der Waals surface area contributed by atoms with Crippen LogP contribution in [0.1, 0.15) is 42.1 Å². The van der Waals surface area contributed by atoms with Gasteiger partial charge in [-0.15, -0.1) is 0 Å². The Morgan fingerprint density at radius 1 is 1.08 bits per heavy atom. The molecule has 0 radical (unpaired) electrons. The summed E-state index contributed by atoms with van der Waals surface area (Å²) in [5.41, 5.74) is 2.12. The topological polar surface area (TPSA) is 17.8 Å². The van der Waals surface area contributed by atoms with Crippen LogP contribution in [0.25, 0.3) is 10.9 Å². The first-order valence-corrected chi connectivity index (χ1v) is 7.85. The summed E-state index contributed by atoms with van der Waals surface area (Å²) in [7, 11) is 1.96. The van der Waals surface area contributed by atoms with Gasteiger partial charge in [0.1, 0.15) is 0 Å². The van der Waals surface area contributed by atoms with Crippen molar-refractivity contribution in [3.8, 4) is 0 Å². The maximum Gasteiger partial charge on any atom is 0.418 e. The molecule has 0 amide bonds. The summed E-state index contributed by atoms with van der Waals surface area (Å²) in [5.74, 6) is -0.267. The van der Waals surface area contributed by atoms with Crippen molar-refractivity contribution in [1.82, 2.24) is 9.55 Å². The first-order chi connectivity index (χ1) is 11.3. The Bertz CT molecular complexity index is 876. The minimum absolute atomic E-state index is 0.102. The second kappa shape index (κ2) is 5.96. The molecule has 126 valence electrons. The number of nitrogens with zero attached hydrogens (tertiary/aromatic N) is 2. The highest BCUT2D eigenvalue weighted by atomic mass is 19.4. The Morgan fingerprint density at radius 3 is 2.50 bits per heavy atom. The lowest BCUT2D eigenvalue weighted by Gasteiger charge is -2.16. The Hall–Kier alpha value is -2.30. The summed E-state index contributed by atoms with van der Waals surface area (Å²) < 4.78 is 41.9. The van der Waals surface area contributed by atoms with E-state index in [1.54, 1.807) is 20.0 Å². The molecule has 1 aromatic carbocycles. The van der Waals surface area contributed by atoms with Crippen molar-refractivity contribution in [2.75, 3.05) is 0 Å². The van der Waals surface area contributed by atoms with Gasteiger partial charge in [-0.25, -0.2) is 0 Å². The lowest BCUT2D eigenvalue weighted by atomic mass is 9.98. The molecule has 2 aromatic heterocycles. The molecule has 2 nitrogen and oxygen atoms in total. The molecule has 5 heteroatoms. The highest BCUT2D eigenvalue weighted by Crippen LogP contribution is 2.35. The van der Waals surface area contributed by atoms with Crippen molar-refractivity contribution in [1.29, 1.82) is 0 Å². The molecule has 3 rings (SSSR count). The van der Waals surface area contributed by atoms with E-state index in [-0.39, 0.29) is 11.6 Å². The Morgan fingerprint density at radius 2 is 1.83 bits per heavy atom. The zero-order chi connectivity index (χ0) is 17.5. The lowest BCUT2D eigenvalue weighted by Crippen LogP contribution is -2.13. The number of rotatable bonds is 3. The second-order valence-electron chi connectivity index (χ2n) is 6.43. The molecule has 0 bridgehead atoms. The summed E-state index contributed by atoms with van der Waals surface area (Å²) in [4.78, 5) is 4.08. The van der Waals surface area contributed by atoms with Crippen molar-refractivity contribution in [3.05, 3.63) is 65.1 Å². The number of pyridine rings is 1. The summed E-state index contributed by atoms with van der Waals surface area (Å²) in [5, 5.41) is 1.08. The first kappa shape index (κ1) is 16.6. The van der Waals surface area contributed by atoms with Crippen LogP contribution in [0.4, 0.5) is 13.2 Å². The molecule has 0 saturated carbocycles. The minimum Gasteiger partial charge on any atom is -0.351 e. The van der Waals surface area contributed by atoms with Gasteiger partial charge in [0.15, 0.2) is 0 Å². The van der Waals surface area contributed by atoms with Crippen LogP contribution in [-0.2, 0) is 19.6 Å². The Labute approximate surface area is 138 Å². The second-order valence-corrected chi connectivity index (χ2v) is 6.43. The van der Waals surface area contributed by atoms with Gasteiger partial charge >= 0.3 is 6.18 Å². The molecule has 0 saturated heterocycles. The number of halogens is 3. The van der Waals surface area contributed by atoms with Gasteiger partial charge in [-0.2, -0.15) is 13.2 Å². The minimum atomic E-state index is -4.38. The third-order valence-electron chi connectivity index (χ3n) is 4.19. The smallest absolute Gasteiger partial charge is 0.351 e. The number of aromatic nitrogens is 2. The van der Waals surface area contributed by atoms with Crippen molar-refractivity contribution in [3.63, 3.8) is 0 Å². The Balaban J connectivity index is 1.96. The van der Waals surface area contributed by atoms with E-state index in [4.69, 9.17) is 0 Å². The fourth-order valence-electron chi connectivity index (χ4n) is 2.98. The van der Waals surface area contributed by atoms with Crippen molar-refractivity contribution in [2.24, 2.45) is 7.05 Å². The summed E-state index contributed by atoms with van der Waals surface area (Å²) in [6.45, 7) is 3.45. The van der Waals surface area contributed by atoms with Gasteiger partial charge in [0.25, 0.3) is 0 Å². The number of hydrogen-bond acceptors (Lipinski definition) is 1. The SMILES string of the molecule is CC(C)c1ncc(Cc2ccc3c(ccn3C)c2)cc1C(F)(F)F. The summed E-state index contributed by atoms with van der Waals surface area (Å²) in [6.07, 6.45) is -0.430. The molecular formula is C19H19F3N2. The highest BCUT2D eigenvalue weighted by molar-refractivity contribution is 5.80. The number of aryl methyl sites for hydroxylation is 1. The van der Waals surface area contributed by atoms with Gasteiger partial charge in [-0.05, 0) is 53.1 Å². The normalized spacial score (nSPS) is 12.3. The van der Waals surface area contributed by atoms with Gasteiger partial charge in [0, 0.05) is 25.0 Å². The van der Waals surface area contributed by atoms with E-state index in [2.05, 4.69) is 4.98 Å². The van der Waals surface area contributed by atoms with Crippen molar-refractivity contribution < 1.29 is 13.2 Å². The van der Waals surface area contributed by atoms with Crippen LogP contribution in [0.5, 0.6) is 0 Å². The predicted octanol–water partition coefficient (Wildman–Crippen LogP) is 5.31. The predicted molar refractivity (Wildman–Crippen MR) is 89.1 cm³/mol. The largest absolute Gasteiger partial charge is 0.418 e. The van der Waals surface area contributed by atoms with Crippen molar-refractivity contribution >= 4 is 10.9 Å². The molecule has 0 unspecified atom stereocenters. The standard InChI is InChI=1S/C19H19F3N2/c1-12(2)18-16(19(20,21)22)10-14(11-23-18)8-13-4-5-17-15(9-13)6-7-24(17)3/h4-7,9-12H,8H2,1-3H3. The maximum atomic E-state index is 13.3. The quantitative estimate of drug-likeness (QED) is 0.636. The third-order valence-corrected chi connectivity index (χ3v) is 4.19. The molecule has 0 atom stereocenters. The van der Waals surface area contributed by atoms with Crippen LogP contribution in [-0.4, -0.2) is 9.55 Å². The van der Waals surface area contributed by atoms with Gasteiger partial charge < -0.3 is 4.57 Å². The van der Waals surface area contributed by atoms with Crippen LogP contribution in [0.2, 0.25) is 0 Å². The van der Waals surface area contributed by atoms with E-state index in [0.29, 0.717) is 12.0 Å². The van der Waals surface area contributed by atoms with E-state index in [1.807, 2.05) is 42.1 Å². The van der Waals surface area contributed by atoms with Crippen LogP contribution in [0.15, 0.2) is 42.7 Å². The molecule has 3 aromatic rings. The number of alkyl halides is 3. The first-order valence-electron chi connectivity index (χ1n) is 7.85. The monoisotopic (exact) mass is 332 g/mol. The molecule has 24 heavy (non-hydrogen) atoms. The zero-order valence-electron chi connectivity index (χ0n) is 13.9. The number of hydrogen-bond donors (Lipinski definition) is 0. The average Bonchev–Trinajstić information content (AvgIpc) is 2.87. The summed E-state index contributed by atoms with van der Waals surface area (Å²) >= 11 is 0. The van der Waals surface area contributed by atoms with E-state index in [1.165, 1.54) is 6.07 Å². The summed E-state index contributed by atoms with van der Waals surface area (Å²) in [6, 6.07) is 9.19. The average molecular weight is 332 g/mol. The molecule has 0 N–H and O–H groups in total. The van der Waals surface area contributed by atoms with E-state index < -0.39 is 11.7 Å². The molecule has 0 fully saturated rings. The van der Waals surface area contributed by atoms with E-state index >= 15 is 0 Å². The highest BCUT2D eigenvalue weighted by Gasteiger charge is 2.35. The van der Waals surface area contributed by atoms with Gasteiger partial charge in [-0.1, -0.05) is 19.9 Å². The fraction of sp³-hybridized carbons (Fsp3) is 0.316. The maximum absolute atomic E-state index is 13.3. The molecule has 0 aliphatic carbocycles. The lowest BCUT2D eigenvalue weighted by molar-refractivity contribution is -0.138. The molecule has 2 heterocycles. The molecular weight excluding hydrogens is 313 g/mol. The van der Waals surface area contributed by atoms with Crippen molar-refractivity contribution in [2.45, 2.75) is 32.4 Å². The number of benzene rings is 1. The van der Waals surface area contributed by atoms with Crippen LogP contribution in [0.3, 0.4) is 0 Å². The molecule has 0 aliphatic rings. The number of fused-ring (bicyclic) bond motifs is 1. The van der Waals surface area contributed by atoms with Gasteiger partial charge in [0.05, 0.1) is 11.3 Å². The van der Waals surface area contributed by atoms with Crippen LogP contribution in [0, 0.1) is 0 Å². The van der Waals surface area contributed by atoms with E-state index in [0.717, 1.165) is 16.5 Å². The Kier molecular flexibility index (Phi) is 4.11. The van der Waals surface area contributed by atoms with Crippen LogP contribution >= 0.6 is 0 Å². The fourth-order valence-corrected chi connectivity index (χ4v) is 2.98. The zero-order valence-corrected chi connectivity index (χ0v) is 13.9. The molecule has 0 aliphatic heterocycles. The third kappa shape index (κ3) is 3.16. The van der Waals surface area contributed by atoms with Gasteiger partial charge in [0.2, 0.25) is 0 Å². The van der Waals surface area contributed by atoms with Gasteiger partial charge in [-0.3, -0.25) is 4.98 Å². The molecule has 0 spiro atoms. The van der Waals surface area contributed by atoms with E-state index in [9.17, 15) is 13.2 Å². The van der Waals surface area contributed by atoms with Crippen LogP contribution < -0.4 is 0 Å².